The molecule has 1 unspecified atom stereocenters. The number of carbonyl (C=O) groups excluding carboxylic acids is 1. The molecule has 1 atom stereocenters. The number of hydrogen-bond donors (Lipinski definition) is 1. The number of aryl methyl sites for hydroxylation is 2. The van der Waals surface area contributed by atoms with Crippen molar-refractivity contribution in [3.63, 3.8) is 0 Å². The molecule has 2 saturated heterocycles. The zero-order valence-electron chi connectivity index (χ0n) is 10.5. The third kappa shape index (κ3) is 1.90. The molecule has 3 rings (SSSR count). The molecule has 0 radical (unpaired) electrons. The van der Waals surface area contributed by atoms with Gasteiger partial charge in [-0.25, -0.2) is 0 Å². The van der Waals surface area contributed by atoms with Gasteiger partial charge >= 0.3 is 0 Å². The van der Waals surface area contributed by atoms with Crippen LogP contribution in [0.3, 0.4) is 0 Å². The predicted molar refractivity (Wildman–Crippen MR) is 68.9 cm³/mol. The van der Waals surface area contributed by atoms with Crippen LogP contribution in [-0.2, 0) is 4.79 Å². The van der Waals surface area contributed by atoms with Crippen LogP contribution in [0.5, 0.6) is 0 Å². The summed E-state index contributed by atoms with van der Waals surface area (Å²) in [7, 11) is 0. The number of piperazine rings is 1. The van der Waals surface area contributed by atoms with Crippen molar-refractivity contribution in [3.05, 3.63) is 11.5 Å². The van der Waals surface area contributed by atoms with Crippen molar-refractivity contribution in [2.24, 2.45) is 0 Å². The van der Waals surface area contributed by atoms with E-state index >= 15 is 0 Å². The molecular formula is C11H17ClN4O2. The van der Waals surface area contributed by atoms with Crippen LogP contribution in [0.25, 0.3) is 0 Å². The predicted octanol–water partition coefficient (Wildman–Crippen LogP) is 0.291. The fraction of sp³-hybridized carbons (Fsp3) is 0.636. The SMILES string of the molecule is Cc1noc(C)c1N1CN2CCNCC2C1=O.Cl. The number of carbonyl (C=O) groups is 1. The number of nitrogens with one attached hydrogen (secondary N) is 1. The first-order valence-electron chi connectivity index (χ1n) is 5.87. The molecule has 1 aromatic heterocycles. The smallest absolute Gasteiger partial charge is 0.246 e. The minimum absolute atomic E-state index is 0. The summed E-state index contributed by atoms with van der Waals surface area (Å²) in [4.78, 5) is 16.3. The summed E-state index contributed by atoms with van der Waals surface area (Å²) in [6, 6.07) is -0.0301. The van der Waals surface area contributed by atoms with E-state index in [2.05, 4.69) is 15.4 Å². The Bertz CT molecular complexity index is 442. The molecular weight excluding hydrogens is 256 g/mol. The van der Waals surface area contributed by atoms with Gasteiger partial charge in [0.2, 0.25) is 5.91 Å². The van der Waals surface area contributed by atoms with Crippen molar-refractivity contribution in [2.75, 3.05) is 31.2 Å². The highest BCUT2D eigenvalue weighted by Crippen LogP contribution is 2.29. The summed E-state index contributed by atoms with van der Waals surface area (Å²) < 4.78 is 5.13. The van der Waals surface area contributed by atoms with E-state index in [1.165, 1.54) is 0 Å². The first-order valence-corrected chi connectivity index (χ1v) is 5.87. The number of anilines is 1. The average molecular weight is 273 g/mol. The molecule has 18 heavy (non-hydrogen) atoms. The van der Waals surface area contributed by atoms with E-state index in [9.17, 15) is 4.79 Å². The van der Waals surface area contributed by atoms with Crippen molar-refractivity contribution < 1.29 is 9.32 Å². The summed E-state index contributed by atoms with van der Waals surface area (Å²) in [5, 5.41) is 7.16. The molecule has 6 nitrogen and oxygen atoms in total. The maximum Gasteiger partial charge on any atom is 0.246 e. The van der Waals surface area contributed by atoms with Crippen molar-refractivity contribution >= 4 is 24.0 Å². The molecule has 0 aromatic carbocycles. The zero-order valence-corrected chi connectivity index (χ0v) is 11.3. The maximum atomic E-state index is 12.3. The van der Waals surface area contributed by atoms with Gasteiger partial charge in [0.25, 0.3) is 0 Å². The Morgan fingerprint density at radius 2 is 2.22 bits per heavy atom. The van der Waals surface area contributed by atoms with E-state index in [4.69, 9.17) is 4.52 Å². The summed E-state index contributed by atoms with van der Waals surface area (Å²) in [6.07, 6.45) is 0. The molecule has 2 aliphatic heterocycles. The minimum Gasteiger partial charge on any atom is -0.359 e. The van der Waals surface area contributed by atoms with Gasteiger partial charge in [-0.15, -0.1) is 12.4 Å². The van der Waals surface area contributed by atoms with E-state index < -0.39 is 0 Å². The van der Waals surface area contributed by atoms with Gasteiger partial charge in [-0.1, -0.05) is 5.16 Å². The van der Waals surface area contributed by atoms with Gasteiger partial charge in [0.15, 0.2) is 5.76 Å². The quantitative estimate of drug-likeness (QED) is 0.796. The maximum absolute atomic E-state index is 12.3. The number of amides is 1. The van der Waals surface area contributed by atoms with Crippen molar-refractivity contribution in [1.82, 2.24) is 15.4 Å². The Morgan fingerprint density at radius 3 is 2.83 bits per heavy atom. The van der Waals surface area contributed by atoms with Gasteiger partial charge in [0, 0.05) is 19.6 Å². The fourth-order valence-electron chi connectivity index (χ4n) is 2.63. The van der Waals surface area contributed by atoms with Gasteiger partial charge in [0.05, 0.1) is 6.67 Å². The van der Waals surface area contributed by atoms with Gasteiger partial charge in [-0.2, -0.15) is 0 Å². The van der Waals surface area contributed by atoms with E-state index in [-0.39, 0.29) is 24.4 Å². The van der Waals surface area contributed by atoms with Gasteiger partial charge in [-0.3, -0.25) is 14.6 Å². The molecule has 1 N–H and O–H groups in total. The molecule has 0 bridgehead atoms. The van der Waals surface area contributed by atoms with E-state index in [0.717, 1.165) is 31.0 Å². The monoisotopic (exact) mass is 272 g/mol. The van der Waals surface area contributed by atoms with Crippen LogP contribution in [0.2, 0.25) is 0 Å². The number of aromatic nitrogens is 1. The third-order valence-corrected chi connectivity index (χ3v) is 3.49. The van der Waals surface area contributed by atoms with Gasteiger partial charge < -0.3 is 9.84 Å². The molecule has 1 amide bonds. The topological polar surface area (TPSA) is 61.6 Å². The molecule has 7 heteroatoms. The third-order valence-electron chi connectivity index (χ3n) is 3.49. The Balaban J connectivity index is 0.00000120. The molecule has 0 aliphatic carbocycles. The number of halogens is 1. The normalized spacial score (nSPS) is 24.0. The van der Waals surface area contributed by atoms with Crippen LogP contribution in [0.4, 0.5) is 5.69 Å². The highest BCUT2D eigenvalue weighted by molar-refractivity contribution is 6.00. The molecule has 2 fully saturated rings. The van der Waals surface area contributed by atoms with Crippen LogP contribution in [-0.4, -0.2) is 48.3 Å². The second kappa shape index (κ2) is 4.87. The highest BCUT2D eigenvalue weighted by Gasteiger charge is 2.41. The Labute approximate surface area is 112 Å². The summed E-state index contributed by atoms with van der Waals surface area (Å²) in [5.74, 6) is 0.857. The molecule has 2 aliphatic rings. The standard InChI is InChI=1S/C11H16N4O2.ClH/c1-7-10(8(2)17-13-7)15-6-14-4-3-12-5-9(14)11(15)16;/h9,12H,3-6H2,1-2H3;1H. The van der Waals surface area contributed by atoms with Crippen LogP contribution >= 0.6 is 12.4 Å². The lowest BCUT2D eigenvalue weighted by atomic mass is 10.2. The lowest BCUT2D eigenvalue weighted by molar-refractivity contribution is -0.120. The molecule has 0 saturated carbocycles. The van der Waals surface area contributed by atoms with Crippen LogP contribution in [0.1, 0.15) is 11.5 Å². The number of rotatable bonds is 1. The van der Waals surface area contributed by atoms with E-state index in [1.54, 1.807) is 4.90 Å². The number of nitrogens with zero attached hydrogens (tertiary/aromatic N) is 3. The van der Waals surface area contributed by atoms with Gasteiger partial charge in [-0.05, 0) is 13.8 Å². The molecule has 1 aromatic rings. The Hall–Kier alpha value is -1.11. The summed E-state index contributed by atoms with van der Waals surface area (Å²) in [6.45, 7) is 6.95. The van der Waals surface area contributed by atoms with E-state index in [0.29, 0.717) is 12.4 Å². The van der Waals surface area contributed by atoms with E-state index in [1.807, 2.05) is 13.8 Å². The summed E-state index contributed by atoms with van der Waals surface area (Å²) >= 11 is 0. The lowest BCUT2D eigenvalue weighted by Gasteiger charge is -2.26. The Kier molecular flexibility index (Phi) is 3.61. The molecule has 3 heterocycles. The highest BCUT2D eigenvalue weighted by atomic mass is 35.5. The van der Waals surface area contributed by atoms with Crippen LogP contribution in [0.15, 0.2) is 4.52 Å². The zero-order chi connectivity index (χ0) is 12.0. The van der Waals surface area contributed by atoms with Crippen LogP contribution < -0.4 is 10.2 Å². The lowest BCUT2D eigenvalue weighted by Crippen LogP contribution is -2.50. The van der Waals surface area contributed by atoms with Crippen molar-refractivity contribution in [3.8, 4) is 0 Å². The summed E-state index contributed by atoms with van der Waals surface area (Å²) in [5.41, 5.74) is 1.62. The first-order chi connectivity index (χ1) is 8.18. The minimum atomic E-state index is -0.0301. The first kappa shape index (κ1) is 13.3. The fourth-order valence-corrected chi connectivity index (χ4v) is 2.63. The Morgan fingerprint density at radius 1 is 1.44 bits per heavy atom. The largest absolute Gasteiger partial charge is 0.359 e. The van der Waals surface area contributed by atoms with Crippen molar-refractivity contribution in [1.29, 1.82) is 0 Å². The second-order valence-corrected chi connectivity index (χ2v) is 4.61. The second-order valence-electron chi connectivity index (χ2n) is 4.61. The molecule has 100 valence electrons. The molecule has 0 spiro atoms. The van der Waals surface area contributed by atoms with Crippen LogP contribution in [0, 0.1) is 13.8 Å². The van der Waals surface area contributed by atoms with Crippen molar-refractivity contribution in [2.45, 2.75) is 19.9 Å². The van der Waals surface area contributed by atoms with Gasteiger partial charge in [0.1, 0.15) is 17.4 Å². The number of fused-ring (bicyclic) bond motifs is 1. The number of hydrogen-bond acceptors (Lipinski definition) is 5. The average Bonchev–Trinajstić information content (AvgIpc) is 2.82.